The van der Waals surface area contributed by atoms with Gasteiger partial charge in [-0.1, -0.05) is 20.3 Å². The molecule has 0 saturated carbocycles. The maximum atomic E-state index is 9.68. The van der Waals surface area contributed by atoms with Crippen LogP contribution in [-0.4, -0.2) is 17.8 Å². The van der Waals surface area contributed by atoms with E-state index < -0.39 is 28.6 Å². The van der Waals surface area contributed by atoms with Crippen LogP contribution in [0.3, 0.4) is 0 Å². The number of hydrogen-bond acceptors (Lipinski definition) is 6. The van der Waals surface area contributed by atoms with E-state index in [0.29, 0.717) is 6.42 Å². The van der Waals surface area contributed by atoms with Gasteiger partial charge in [0.25, 0.3) is 0 Å². The molecule has 0 amide bonds. The molecule has 6 nitrogen and oxygen atoms in total. The van der Waals surface area contributed by atoms with E-state index >= 15 is 0 Å². The Morgan fingerprint density at radius 1 is 1.25 bits per heavy atom. The zero-order chi connectivity index (χ0) is 15.2. The van der Waals surface area contributed by atoms with Crippen LogP contribution in [0.4, 0.5) is 0 Å². The van der Waals surface area contributed by atoms with Crippen LogP contribution in [0.25, 0.3) is 0 Å². The lowest BCUT2D eigenvalue weighted by atomic mass is 9.51. The van der Waals surface area contributed by atoms with E-state index in [1.54, 1.807) is 13.8 Å². The standard InChI is InChI=1S/C14H16N4O2/c1-4-5-10-14(8-17)11(18)20-12(3,19-10)9(2)13(14,6-15)7-16/h9-10,18H,4-5H2,1-3H3/t9-,10-,12-,14-/m0/s1. The first-order chi connectivity index (χ1) is 9.38. The quantitative estimate of drug-likeness (QED) is 0.826. The normalized spacial score (nSPS) is 41.1. The first kappa shape index (κ1) is 14.3. The molecule has 3 aliphatic heterocycles. The van der Waals surface area contributed by atoms with Crippen LogP contribution in [0.1, 0.15) is 33.6 Å². The zero-order valence-corrected chi connectivity index (χ0v) is 11.7. The third-order valence-corrected chi connectivity index (χ3v) is 4.66. The van der Waals surface area contributed by atoms with Gasteiger partial charge in [-0.2, -0.15) is 15.8 Å². The molecule has 0 aliphatic carbocycles. The fourth-order valence-electron chi connectivity index (χ4n) is 3.33. The molecule has 4 atom stereocenters. The largest absolute Gasteiger partial charge is 0.448 e. The first-order valence-corrected chi connectivity index (χ1v) is 6.58. The van der Waals surface area contributed by atoms with E-state index in [-0.39, 0.29) is 5.90 Å². The topological polar surface area (TPSA) is 114 Å². The van der Waals surface area contributed by atoms with Crippen LogP contribution in [0, 0.1) is 56.2 Å². The summed E-state index contributed by atoms with van der Waals surface area (Å²) in [5.41, 5.74) is -3.30. The second-order valence-corrected chi connectivity index (χ2v) is 5.52. The van der Waals surface area contributed by atoms with Gasteiger partial charge in [-0.15, -0.1) is 0 Å². The second-order valence-electron chi connectivity index (χ2n) is 5.52. The maximum absolute atomic E-state index is 9.68. The predicted molar refractivity (Wildman–Crippen MR) is 67.9 cm³/mol. The zero-order valence-electron chi connectivity index (χ0n) is 11.7. The highest BCUT2D eigenvalue weighted by molar-refractivity contribution is 5.88. The van der Waals surface area contributed by atoms with Gasteiger partial charge < -0.3 is 9.47 Å². The molecule has 1 N–H and O–H groups in total. The van der Waals surface area contributed by atoms with Crippen molar-refractivity contribution in [1.29, 1.82) is 21.2 Å². The van der Waals surface area contributed by atoms with E-state index in [4.69, 9.17) is 14.9 Å². The number of rotatable bonds is 2. The Hall–Kier alpha value is -2.10. The lowest BCUT2D eigenvalue weighted by Crippen LogP contribution is -2.73. The Labute approximate surface area is 118 Å². The Morgan fingerprint density at radius 2 is 1.85 bits per heavy atom. The highest BCUT2D eigenvalue weighted by Crippen LogP contribution is 2.62. The molecule has 0 unspecified atom stereocenters. The van der Waals surface area contributed by atoms with E-state index in [1.807, 2.05) is 25.1 Å². The van der Waals surface area contributed by atoms with Crippen molar-refractivity contribution in [3.8, 4) is 18.2 Å². The van der Waals surface area contributed by atoms with Gasteiger partial charge >= 0.3 is 0 Å². The molecule has 3 heterocycles. The van der Waals surface area contributed by atoms with Gasteiger partial charge in [0.15, 0.2) is 10.8 Å². The molecule has 3 saturated heterocycles. The van der Waals surface area contributed by atoms with Crippen LogP contribution in [0.5, 0.6) is 0 Å². The highest BCUT2D eigenvalue weighted by atomic mass is 16.7. The van der Waals surface area contributed by atoms with Gasteiger partial charge in [-0.05, 0) is 6.42 Å². The Kier molecular flexibility index (Phi) is 3.00. The van der Waals surface area contributed by atoms with Crippen LogP contribution >= 0.6 is 0 Å². The lowest BCUT2D eigenvalue weighted by molar-refractivity contribution is -0.336. The van der Waals surface area contributed by atoms with E-state index in [9.17, 15) is 15.8 Å². The Balaban J connectivity index is 2.76. The van der Waals surface area contributed by atoms with Gasteiger partial charge in [-0.25, -0.2) is 0 Å². The van der Waals surface area contributed by atoms with E-state index in [0.717, 1.165) is 6.42 Å². The number of nitrogens with one attached hydrogen (secondary N) is 1. The summed E-state index contributed by atoms with van der Waals surface area (Å²) in [5.74, 6) is -2.18. The van der Waals surface area contributed by atoms with Gasteiger partial charge in [0, 0.05) is 6.92 Å². The third-order valence-electron chi connectivity index (χ3n) is 4.66. The summed E-state index contributed by atoms with van der Waals surface area (Å²) in [5, 5.41) is 37.0. The van der Waals surface area contributed by atoms with Crippen molar-refractivity contribution in [3.63, 3.8) is 0 Å². The molecule has 2 bridgehead atoms. The molecule has 6 heteroatoms. The van der Waals surface area contributed by atoms with Crippen molar-refractivity contribution < 1.29 is 9.47 Å². The molecule has 3 rings (SSSR count). The molecule has 0 aromatic heterocycles. The van der Waals surface area contributed by atoms with Gasteiger partial charge in [0.1, 0.15) is 0 Å². The van der Waals surface area contributed by atoms with Crippen molar-refractivity contribution in [2.75, 3.05) is 0 Å². The van der Waals surface area contributed by atoms with Crippen molar-refractivity contribution >= 4 is 5.90 Å². The smallest absolute Gasteiger partial charge is 0.214 e. The van der Waals surface area contributed by atoms with Crippen LogP contribution in [0.2, 0.25) is 0 Å². The minimum atomic E-state index is -1.66. The number of nitriles is 3. The average molecular weight is 272 g/mol. The summed E-state index contributed by atoms with van der Waals surface area (Å²) in [6.07, 6.45) is 0.533. The minimum Gasteiger partial charge on any atom is -0.448 e. The minimum absolute atomic E-state index is 0.326. The fourth-order valence-corrected chi connectivity index (χ4v) is 3.33. The molecule has 20 heavy (non-hydrogen) atoms. The molecule has 0 radical (unpaired) electrons. The summed E-state index contributed by atoms with van der Waals surface area (Å²) in [6.45, 7) is 5.21. The average Bonchev–Trinajstić information content (AvgIpc) is 2.42. The summed E-state index contributed by atoms with van der Waals surface area (Å²) in [7, 11) is 0. The number of fused-ring (bicyclic) bond motifs is 3. The van der Waals surface area contributed by atoms with E-state index in [2.05, 4.69) is 0 Å². The molecule has 0 aromatic carbocycles. The first-order valence-electron chi connectivity index (χ1n) is 6.58. The summed E-state index contributed by atoms with van der Waals surface area (Å²) in [6, 6.07) is 6.01. The molecular weight excluding hydrogens is 256 g/mol. The van der Waals surface area contributed by atoms with Gasteiger partial charge in [0.2, 0.25) is 11.7 Å². The SMILES string of the molecule is CCC[C@@H]1O[C@@]2(C)OC(=N)[C@@]1(C#N)C(C#N)(C#N)[C@H]2C. The Bertz CT molecular complexity index is 567. The van der Waals surface area contributed by atoms with E-state index in [1.165, 1.54) is 0 Å². The molecule has 104 valence electrons. The lowest BCUT2D eigenvalue weighted by Gasteiger charge is -2.60. The number of ether oxygens (including phenoxy) is 2. The molecular formula is C14H16N4O2. The monoisotopic (exact) mass is 272 g/mol. The highest BCUT2D eigenvalue weighted by Gasteiger charge is 2.77. The Morgan fingerprint density at radius 3 is 2.30 bits per heavy atom. The summed E-state index contributed by atoms with van der Waals surface area (Å²) in [4.78, 5) is 0. The molecule has 0 aromatic rings. The van der Waals surface area contributed by atoms with Crippen LogP contribution < -0.4 is 0 Å². The van der Waals surface area contributed by atoms with Crippen molar-refractivity contribution in [2.24, 2.45) is 16.7 Å². The van der Waals surface area contributed by atoms with Gasteiger partial charge in [-0.3, -0.25) is 5.41 Å². The predicted octanol–water partition coefficient (Wildman–Crippen LogP) is 2.09. The molecule has 3 aliphatic rings. The fraction of sp³-hybridized carbons (Fsp3) is 0.714. The molecule has 0 spiro atoms. The van der Waals surface area contributed by atoms with Gasteiger partial charge in [0.05, 0.1) is 30.2 Å². The third kappa shape index (κ3) is 1.26. The van der Waals surface area contributed by atoms with Crippen molar-refractivity contribution in [1.82, 2.24) is 0 Å². The van der Waals surface area contributed by atoms with Crippen molar-refractivity contribution in [2.45, 2.75) is 45.5 Å². The number of hydrogen-bond donors (Lipinski definition) is 1. The number of nitrogens with zero attached hydrogens (tertiary/aromatic N) is 3. The van der Waals surface area contributed by atoms with Crippen LogP contribution in [0.15, 0.2) is 0 Å². The van der Waals surface area contributed by atoms with Crippen LogP contribution in [-0.2, 0) is 9.47 Å². The van der Waals surface area contributed by atoms with Crippen molar-refractivity contribution in [3.05, 3.63) is 0 Å². The summed E-state index contributed by atoms with van der Waals surface area (Å²) < 4.78 is 11.3. The summed E-state index contributed by atoms with van der Waals surface area (Å²) >= 11 is 0. The second kappa shape index (κ2) is 4.20. The maximum Gasteiger partial charge on any atom is 0.214 e. The molecule has 3 fully saturated rings.